The molecule has 1 heterocycles. The maximum Gasteiger partial charge on any atom is 0.324 e. The van der Waals surface area contributed by atoms with Crippen molar-refractivity contribution in [2.24, 2.45) is 0 Å². The van der Waals surface area contributed by atoms with Crippen molar-refractivity contribution >= 4 is 21.9 Å². The van der Waals surface area contributed by atoms with Gasteiger partial charge in [-0.2, -0.15) is 4.31 Å². The minimum absolute atomic E-state index is 0.0281. The van der Waals surface area contributed by atoms with Crippen molar-refractivity contribution in [2.75, 3.05) is 20.3 Å². The Balaban J connectivity index is 2.09. The maximum absolute atomic E-state index is 13.0. The molecule has 0 bridgehead atoms. The summed E-state index contributed by atoms with van der Waals surface area (Å²) >= 11 is 0. The van der Waals surface area contributed by atoms with Gasteiger partial charge in [-0.1, -0.05) is 0 Å². The molecule has 1 aromatic rings. The first-order valence-electron chi connectivity index (χ1n) is 9.73. The number of rotatable bonds is 8. The largest absolute Gasteiger partial charge is 0.497 e. The number of hydrogen-bond donors (Lipinski definition) is 0. The zero-order valence-corrected chi connectivity index (χ0v) is 18.4. The van der Waals surface area contributed by atoms with Gasteiger partial charge < -0.3 is 14.4 Å². The van der Waals surface area contributed by atoms with Crippen LogP contribution in [0.25, 0.3) is 0 Å². The van der Waals surface area contributed by atoms with Crippen molar-refractivity contribution in [3.8, 4) is 5.75 Å². The van der Waals surface area contributed by atoms with Crippen LogP contribution in [0, 0.1) is 0 Å². The molecule has 1 aromatic carbocycles. The van der Waals surface area contributed by atoms with Gasteiger partial charge in [0.15, 0.2) is 6.61 Å². The number of benzene rings is 1. The highest BCUT2D eigenvalue weighted by Crippen LogP contribution is 2.28. The predicted octanol–water partition coefficient (Wildman–Crippen LogP) is 2.04. The number of ether oxygens (including phenoxy) is 2. The fourth-order valence-electron chi connectivity index (χ4n) is 3.62. The molecule has 162 valence electrons. The van der Waals surface area contributed by atoms with E-state index in [9.17, 15) is 18.0 Å². The summed E-state index contributed by atoms with van der Waals surface area (Å²) in [5.74, 6) is -0.453. The first-order chi connectivity index (χ1) is 13.6. The van der Waals surface area contributed by atoms with E-state index in [-0.39, 0.29) is 29.4 Å². The number of carbonyl (C=O) groups excluding carboxylic acids is 2. The second kappa shape index (κ2) is 9.58. The molecule has 9 heteroatoms. The van der Waals surface area contributed by atoms with Crippen LogP contribution in [0.15, 0.2) is 29.2 Å². The van der Waals surface area contributed by atoms with Crippen LogP contribution in [-0.2, 0) is 24.3 Å². The molecule has 0 N–H and O–H groups in total. The average molecular weight is 427 g/mol. The highest BCUT2D eigenvalue weighted by atomic mass is 32.2. The number of esters is 1. The SMILES string of the molecule is COc1ccc(S(=O)(=O)N2CCC[C@H]2C(=O)OCC(=O)N(C(C)C)C(C)C)cc1. The van der Waals surface area contributed by atoms with Gasteiger partial charge in [0.25, 0.3) is 5.91 Å². The molecule has 0 saturated carbocycles. The average Bonchev–Trinajstić information content (AvgIpc) is 3.16. The first-order valence-corrected chi connectivity index (χ1v) is 11.2. The molecule has 29 heavy (non-hydrogen) atoms. The van der Waals surface area contributed by atoms with E-state index in [0.717, 1.165) is 4.31 Å². The Morgan fingerprint density at radius 1 is 1.14 bits per heavy atom. The van der Waals surface area contributed by atoms with Crippen molar-refractivity contribution < 1.29 is 27.5 Å². The maximum atomic E-state index is 13.0. The Labute approximate surface area is 172 Å². The lowest BCUT2D eigenvalue weighted by Gasteiger charge is -2.30. The number of sulfonamides is 1. The fraction of sp³-hybridized carbons (Fsp3) is 0.600. The van der Waals surface area contributed by atoms with Crippen LogP contribution in [0.4, 0.5) is 0 Å². The third-order valence-corrected chi connectivity index (χ3v) is 6.80. The minimum Gasteiger partial charge on any atom is -0.497 e. The molecule has 0 spiro atoms. The van der Waals surface area contributed by atoms with E-state index in [1.165, 1.54) is 19.2 Å². The lowest BCUT2D eigenvalue weighted by molar-refractivity contribution is -0.156. The Hall–Kier alpha value is -2.13. The normalized spacial score (nSPS) is 17.6. The second-order valence-electron chi connectivity index (χ2n) is 7.55. The van der Waals surface area contributed by atoms with E-state index in [0.29, 0.717) is 18.6 Å². The number of carbonyl (C=O) groups is 2. The van der Waals surface area contributed by atoms with Crippen molar-refractivity contribution in [1.29, 1.82) is 0 Å². The van der Waals surface area contributed by atoms with E-state index in [1.54, 1.807) is 17.0 Å². The standard InChI is InChI=1S/C20H30N2O6S/c1-14(2)22(15(3)4)19(23)13-28-20(24)18-7-6-12-21(18)29(25,26)17-10-8-16(27-5)9-11-17/h8-11,14-15,18H,6-7,12-13H2,1-5H3/t18-/m0/s1. The second-order valence-corrected chi connectivity index (χ2v) is 9.44. The molecule has 1 atom stereocenters. The van der Waals surface area contributed by atoms with Gasteiger partial charge in [0.2, 0.25) is 10.0 Å². The third kappa shape index (κ3) is 5.27. The number of nitrogens with zero attached hydrogens (tertiary/aromatic N) is 2. The van der Waals surface area contributed by atoms with Gasteiger partial charge in [0, 0.05) is 18.6 Å². The molecule has 2 rings (SSSR count). The summed E-state index contributed by atoms with van der Waals surface area (Å²) in [6.45, 7) is 7.38. The number of amides is 1. The summed E-state index contributed by atoms with van der Waals surface area (Å²) in [6.07, 6.45) is 0.910. The Bertz CT molecular complexity index is 812. The van der Waals surface area contributed by atoms with Crippen LogP contribution >= 0.6 is 0 Å². The van der Waals surface area contributed by atoms with E-state index in [2.05, 4.69) is 0 Å². The third-order valence-electron chi connectivity index (χ3n) is 4.88. The summed E-state index contributed by atoms with van der Waals surface area (Å²) in [7, 11) is -2.36. The molecule has 1 fully saturated rings. The molecular formula is C20H30N2O6S. The van der Waals surface area contributed by atoms with Crippen LogP contribution in [-0.4, -0.2) is 67.9 Å². The van der Waals surface area contributed by atoms with Gasteiger partial charge >= 0.3 is 5.97 Å². The van der Waals surface area contributed by atoms with E-state index in [4.69, 9.17) is 9.47 Å². The van der Waals surface area contributed by atoms with Gasteiger partial charge in [0.05, 0.1) is 12.0 Å². The van der Waals surface area contributed by atoms with Crippen molar-refractivity contribution in [2.45, 2.75) is 63.6 Å². The van der Waals surface area contributed by atoms with E-state index in [1.807, 2.05) is 27.7 Å². The smallest absolute Gasteiger partial charge is 0.324 e. The van der Waals surface area contributed by atoms with E-state index >= 15 is 0 Å². The Morgan fingerprint density at radius 3 is 2.24 bits per heavy atom. The molecule has 1 aliphatic heterocycles. The van der Waals surface area contributed by atoms with Crippen LogP contribution in [0.1, 0.15) is 40.5 Å². The molecule has 1 aliphatic rings. The zero-order valence-electron chi connectivity index (χ0n) is 17.6. The lowest BCUT2D eigenvalue weighted by atomic mass is 10.2. The summed E-state index contributed by atoms with van der Waals surface area (Å²) in [5, 5.41) is 0. The first kappa shape index (κ1) is 23.2. The molecule has 0 radical (unpaired) electrons. The number of methoxy groups -OCH3 is 1. The molecule has 8 nitrogen and oxygen atoms in total. The molecule has 1 amide bonds. The molecule has 0 aliphatic carbocycles. The van der Waals surface area contributed by atoms with Crippen LogP contribution in [0.5, 0.6) is 5.75 Å². The molecule has 0 aromatic heterocycles. The summed E-state index contributed by atoms with van der Waals surface area (Å²) in [6, 6.07) is 5.02. The molecule has 0 unspecified atom stereocenters. The van der Waals surface area contributed by atoms with Crippen molar-refractivity contribution in [1.82, 2.24) is 9.21 Å². The highest BCUT2D eigenvalue weighted by Gasteiger charge is 2.40. The molecular weight excluding hydrogens is 396 g/mol. The van der Waals surface area contributed by atoms with Gasteiger partial charge in [0.1, 0.15) is 11.8 Å². The van der Waals surface area contributed by atoms with Crippen LogP contribution in [0.3, 0.4) is 0 Å². The predicted molar refractivity (Wildman–Crippen MR) is 108 cm³/mol. The topological polar surface area (TPSA) is 93.2 Å². The summed E-state index contributed by atoms with van der Waals surface area (Å²) in [4.78, 5) is 26.7. The van der Waals surface area contributed by atoms with Gasteiger partial charge in [-0.3, -0.25) is 9.59 Å². The highest BCUT2D eigenvalue weighted by molar-refractivity contribution is 7.89. The lowest BCUT2D eigenvalue weighted by Crippen LogP contribution is -2.46. The van der Waals surface area contributed by atoms with Gasteiger partial charge in [-0.25, -0.2) is 8.42 Å². The quantitative estimate of drug-likeness (QED) is 0.591. The van der Waals surface area contributed by atoms with Crippen LogP contribution < -0.4 is 4.74 Å². The Morgan fingerprint density at radius 2 is 1.72 bits per heavy atom. The zero-order chi connectivity index (χ0) is 21.8. The monoisotopic (exact) mass is 426 g/mol. The summed E-state index contributed by atoms with van der Waals surface area (Å²) in [5.41, 5.74) is 0. The van der Waals surface area contributed by atoms with Crippen LogP contribution in [0.2, 0.25) is 0 Å². The van der Waals surface area contributed by atoms with Crippen molar-refractivity contribution in [3.63, 3.8) is 0 Å². The minimum atomic E-state index is -3.86. The van der Waals surface area contributed by atoms with Gasteiger partial charge in [-0.15, -0.1) is 0 Å². The van der Waals surface area contributed by atoms with E-state index < -0.39 is 28.6 Å². The Kier molecular flexibility index (Phi) is 7.65. The molecule has 1 saturated heterocycles. The summed E-state index contributed by atoms with van der Waals surface area (Å²) < 4.78 is 37.4. The van der Waals surface area contributed by atoms with Crippen molar-refractivity contribution in [3.05, 3.63) is 24.3 Å². The number of hydrogen-bond acceptors (Lipinski definition) is 6. The van der Waals surface area contributed by atoms with Gasteiger partial charge in [-0.05, 0) is 64.8 Å². The fourth-order valence-corrected chi connectivity index (χ4v) is 5.27.